The maximum absolute atomic E-state index is 11.9. The highest BCUT2D eigenvalue weighted by atomic mass is 35.6. The largest absolute Gasteiger partial charge is 0.392 e. The summed E-state index contributed by atoms with van der Waals surface area (Å²) < 4.78 is 13.2. The summed E-state index contributed by atoms with van der Waals surface area (Å²) in [5, 5.41) is 12.1. The van der Waals surface area contributed by atoms with Gasteiger partial charge in [0.25, 0.3) is 9.70 Å². The number of ether oxygens (including phenoxy) is 2. The van der Waals surface area contributed by atoms with E-state index in [1.165, 1.54) is 0 Å². The zero-order valence-electron chi connectivity index (χ0n) is 23.6. The van der Waals surface area contributed by atoms with E-state index in [9.17, 15) is 9.90 Å². The van der Waals surface area contributed by atoms with Crippen molar-refractivity contribution in [3.63, 3.8) is 0 Å². The lowest BCUT2D eigenvalue weighted by atomic mass is 9.99. The third-order valence-electron chi connectivity index (χ3n) is 7.70. The Balaban J connectivity index is 1.22. The molecule has 44 heavy (non-hydrogen) atoms. The Morgan fingerprint density at radius 3 is 2.39 bits per heavy atom. The molecule has 4 aromatic carbocycles. The Hall–Kier alpha value is -3.43. The van der Waals surface area contributed by atoms with Crippen molar-refractivity contribution in [2.45, 2.75) is 48.4 Å². The average molecular weight is 651 g/mol. The van der Waals surface area contributed by atoms with Crippen molar-refractivity contribution >= 4 is 51.7 Å². The van der Waals surface area contributed by atoms with Gasteiger partial charge in [-0.05, 0) is 46.0 Å². The van der Waals surface area contributed by atoms with Gasteiger partial charge in [-0.3, -0.25) is 4.79 Å². The van der Waals surface area contributed by atoms with Crippen molar-refractivity contribution in [3.05, 3.63) is 126 Å². The van der Waals surface area contributed by atoms with Crippen LogP contribution in [0.25, 0.3) is 22.2 Å². The maximum Gasteiger partial charge on any atom is 0.272 e. The molecule has 1 fully saturated rings. The molecule has 6 rings (SSSR count). The number of hydrogen-bond donors (Lipinski definition) is 2. The van der Waals surface area contributed by atoms with Gasteiger partial charge in [0.2, 0.25) is 0 Å². The first-order valence-corrected chi connectivity index (χ1v) is 15.3. The minimum atomic E-state index is -2.01. The van der Waals surface area contributed by atoms with Crippen LogP contribution in [-0.4, -0.2) is 30.5 Å². The predicted octanol–water partition coefficient (Wildman–Crippen LogP) is 7.43. The first kappa shape index (κ1) is 30.6. The van der Waals surface area contributed by atoms with Crippen LogP contribution in [0, 0.1) is 0 Å². The first-order valence-electron chi connectivity index (χ1n) is 14.2. The van der Waals surface area contributed by atoms with Crippen LogP contribution >= 0.6 is 34.8 Å². The van der Waals surface area contributed by atoms with E-state index in [4.69, 9.17) is 44.3 Å². The van der Waals surface area contributed by atoms with E-state index in [1.807, 2.05) is 97.3 Å². The summed E-state index contributed by atoms with van der Waals surface area (Å²) in [5.41, 5.74) is 7.64. The summed E-state index contributed by atoms with van der Waals surface area (Å²) >= 11 is 17.0. The number of nitrogens with zero attached hydrogens (tertiary/aromatic N) is 2. The maximum atomic E-state index is 11.9. The molecule has 0 spiro atoms. The van der Waals surface area contributed by atoms with Gasteiger partial charge >= 0.3 is 0 Å². The number of halogens is 3. The van der Waals surface area contributed by atoms with E-state index in [0.29, 0.717) is 13.0 Å². The second-order valence-electron chi connectivity index (χ2n) is 10.7. The molecule has 7 nitrogen and oxygen atoms in total. The van der Waals surface area contributed by atoms with Crippen molar-refractivity contribution in [2.24, 2.45) is 0 Å². The summed E-state index contributed by atoms with van der Waals surface area (Å²) in [4.78, 5) is 16.5. The topological polar surface area (TPSA) is 85.6 Å². The Labute approximate surface area is 270 Å². The SMILES string of the molecule is O=C(NCc1cccc(-c2ccc(C3OC(Cn4cnc5ccccc54)CC(c4ccc(CO)cc4)O3)cc2)c1)C(Cl)(Cl)Cl. The van der Waals surface area contributed by atoms with Gasteiger partial charge in [-0.1, -0.05) is 114 Å². The molecule has 0 radical (unpaired) electrons. The van der Waals surface area contributed by atoms with E-state index in [-0.39, 0.29) is 25.4 Å². The number of aliphatic hydroxyl groups is 1. The van der Waals surface area contributed by atoms with Gasteiger partial charge in [0, 0.05) is 18.5 Å². The van der Waals surface area contributed by atoms with Gasteiger partial charge < -0.3 is 24.5 Å². The van der Waals surface area contributed by atoms with Gasteiger partial charge in [0.15, 0.2) is 6.29 Å². The second-order valence-corrected chi connectivity index (χ2v) is 13.0. The Kier molecular flexibility index (Phi) is 9.23. The van der Waals surface area contributed by atoms with Crippen molar-refractivity contribution in [2.75, 3.05) is 0 Å². The molecule has 226 valence electrons. The highest BCUT2D eigenvalue weighted by molar-refractivity contribution is 6.76. The van der Waals surface area contributed by atoms with Crippen LogP contribution in [-0.2, 0) is 34.0 Å². The summed E-state index contributed by atoms with van der Waals surface area (Å²) in [5.74, 6) is -0.674. The van der Waals surface area contributed by atoms with Gasteiger partial charge in [-0.25, -0.2) is 4.98 Å². The summed E-state index contributed by atoms with van der Waals surface area (Å²) in [7, 11) is 0. The van der Waals surface area contributed by atoms with Crippen molar-refractivity contribution < 1.29 is 19.4 Å². The number of imidazole rings is 1. The number of rotatable bonds is 8. The number of aliphatic hydroxyl groups excluding tert-OH is 1. The first-order chi connectivity index (χ1) is 21.3. The second kappa shape index (κ2) is 13.3. The molecule has 10 heteroatoms. The molecule has 1 amide bonds. The fraction of sp³-hybridized carbons (Fsp3) is 0.235. The summed E-state index contributed by atoms with van der Waals surface area (Å²) in [6.07, 6.45) is 1.62. The predicted molar refractivity (Wildman–Crippen MR) is 172 cm³/mol. The van der Waals surface area contributed by atoms with Crippen LogP contribution < -0.4 is 5.32 Å². The van der Waals surface area contributed by atoms with E-state index in [2.05, 4.69) is 20.9 Å². The quantitative estimate of drug-likeness (QED) is 0.171. The number of nitrogens with one attached hydrogen (secondary N) is 1. The van der Waals surface area contributed by atoms with E-state index in [1.54, 1.807) is 0 Å². The number of fused-ring (bicyclic) bond motifs is 1. The lowest BCUT2D eigenvalue weighted by molar-refractivity contribution is -0.252. The number of aromatic nitrogens is 2. The van der Waals surface area contributed by atoms with E-state index < -0.39 is 16.0 Å². The number of hydrogen-bond acceptors (Lipinski definition) is 5. The molecular formula is C34H30Cl3N3O4. The number of para-hydroxylation sites is 2. The molecule has 5 aromatic rings. The molecule has 1 aliphatic rings. The number of amides is 1. The minimum Gasteiger partial charge on any atom is -0.392 e. The lowest BCUT2D eigenvalue weighted by Gasteiger charge is -2.36. The molecule has 0 bridgehead atoms. The normalized spacial score (nSPS) is 18.8. The van der Waals surface area contributed by atoms with Crippen LogP contribution in [0.3, 0.4) is 0 Å². The third-order valence-corrected chi connectivity index (χ3v) is 8.21. The van der Waals surface area contributed by atoms with Crippen LogP contribution in [0.2, 0.25) is 0 Å². The summed E-state index contributed by atoms with van der Waals surface area (Å²) in [6.45, 7) is 0.856. The van der Waals surface area contributed by atoms with Crippen molar-refractivity contribution in [1.29, 1.82) is 0 Å². The Morgan fingerprint density at radius 2 is 1.64 bits per heavy atom. The molecule has 2 N–H and O–H groups in total. The lowest BCUT2D eigenvalue weighted by Crippen LogP contribution is -2.33. The van der Waals surface area contributed by atoms with Gasteiger partial charge in [0.1, 0.15) is 0 Å². The number of benzene rings is 4. The fourth-order valence-corrected chi connectivity index (χ4v) is 5.58. The van der Waals surface area contributed by atoms with E-state index >= 15 is 0 Å². The Morgan fingerprint density at radius 1 is 0.886 bits per heavy atom. The van der Waals surface area contributed by atoms with Crippen LogP contribution in [0.15, 0.2) is 103 Å². The molecule has 0 saturated carbocycles. The third kappa shape index (κ3) is 7.10. The number of carbonyl (C=O) groups is 1. The average Bonchev–Trinajstić information content (AvgIpc) is 3.45. The van der Waals surface area contributed by atoms with Gasteiger partial charge in [0.05, 0.1) is 42.7 Å². The van der Waals surface area contributed by atoms with Crippen molar-refractivity contribution in [1.82, 2.24) is 14.9 Å². The van der Waals surface area contributed by atoms with Crippen LogP contribution in [0.4, 0.5) is 0 Å². The molecule has 1 aliphatic heterocycles. The number of alkyl halides is 3. The zero-order chi connectivity index (χ0) is 30.7. The number of carbonyl (C=O) groups excluding carboxylic acids is 1. The van der Waals surface area contributed by atoms with Crippen LogP contribution in [0.5, 0.6) is 0 Å². The van der Waals surface area contributed by atoms with Crippen LogP contribution in [0.1, 0.15) is 41.1 Å². The monoisotopic (exact) mass is 649 g/mol. The van der Waals surface area contributed by atoms with Gasteiger partial charge in [-0.2, -0.15) is 0 Å². The molecule has 0 aliphatic carbocycles. The molecule has 1 aromatic heterocycles. The minimum absolute atomic E-state index is 0.00722. The molecule has 1 saturated heterocycles. The molecule has 3 unspecified atom stereocenters. The highest BCUT2D eigenvalue weighted by Gasteiger charge is 2.33. The van der Waals surface area contributed by atoms with E-state index in [0.717, 1.165) is 44.4 Å². The Bertz CT molecular complexity index is 1740. The standard InChI is InChI=1S/C34H30Cl3N3O4/c35-34(36,37)33(42)38-18-23-4-3-5-27(16-23)24-12-14-26(15-13-24)32-43-28(19-40-21-39-29-6-1-2-7-30(29)40)17-31(44-32)25-10-8-22(20-41)9-11-25/h1-16,21,28,31-32,41H,17-20H2,(H,38,42). The highest BCUT2D eigenvalue weighted by Crippen LogP contribution is 2.39. The van der Waals surface area contributed by atoms with Crippen molar-refractivity contribution in [3.8, 4) is 11.1 Å². The molecule has 3 atom stereocenters. The fourth-order valence-electron chi connectivity index (χ4n) is 5.38. The zero-order valence-corrected chi connectivity index (χ0v) is 25.8. The summed E-state index contributed by atoms with van der Waals surface area (Å²) in [6, 6.07) is 31.8. The molecule has 2 heterocycles. The van der Waals surface area contributed by atoms with Gasteiger partial charge in [-0.15, -0.1) is 0 Å². The molecular weight excluding hydrogens is 621 g/mol. The smallest absolute Gasteiger partial charge is 0.272 e.